The molecule has 6 heteroatoms. The Kier molecular flexibility index (Phi) is 5.98. The first kappa shape index (κ1) is 19.0. The smallest absolute Gasteiger partial charge is 0.220 e. The molecule has 0 aliphatic rings. The Hall–Kier alpha value is -2.31. The summed E-state index contributed by atoms with van der Waals surface area (Å²) in [6.07, 6.45) is 3.38. The van der Waals surface area contributed by atoms with Gasteiger partial charge in [-0.2, -0.15) is 0 Å². The number of fused-ring (bicyclic) bond motifs is 2. The molecule has 0 aliphatic carbocycles. The van der Waals surface area contributed by atoms with E-state index < -0.39 is 0 Å². The van der Waals surface area contributed by atoms with Gasteiger partial charge in [0.05, 0.1) is 30.4 Å². The van der Waals surface area contributed by atoms with Crippen LogP contribution >= 0.6 is 22.7 Å². The third-order valence-electron chi connectivity index (χ3n) is 4.72. The van der Waals surface area contributed by atoms with Gasteiger partial charge in [0.15, 0.2) is 0 Å². The van der Waals surface area contributed by atoms with Crippen molar-refractivity contribution < 1.29 is 4.79 Å². The first-order chi connectivity index (χ1) is 13.7. The summed E-state index contributed by atoms with van der Waals surface area (Å²) >= 11 is 3.46. The van der Waals surface area contributed by atoms with Gasteiger partial charge in [-0.25, -0.2) is 9.97 Å². The second-order valence-corrected chi connectivity index (χ2v) is 9.18. The number of carbonyl (C=O) groups excluding carboxylic acids is 1. The van der Waals surface area contributed by atoms with Crippen LogP contribution in [0.25, 0.3) is 20.4 Å². The van der Waals surface area contributed by atoms with Crippen molar-refractivity contribution in [1.29, 1.82) is 0 Å². The molecule has 0 bridgehead atoms. The fraction of sp³-hybridized carbons (Fsp3) is 0.318. The highest BCUT2D eigenvalue weighted by Gasteiger charge is 2.13. The molecule has 0 radical (unpaired) electrons. The number of amides is 1. The number of rotatable bonds is 8. The van der Waals surface area contributed by atoms with E-state index >= 15 is 0 Å². The summed E-state index contributed by atoms with van der Waals surface area (Å²) < 4.78 is 2.43. The lowest BCUT2D eigenvalue weighted by Gasteiger charge is -2.10. The van der Waals surface area contributed by atoms with Gasteiger partial charge in [0, 0.05) is 18.9 Å². The summed E-state index contributed by atoms with van der Waals surface area (Å²) in [5, 5.41) is 5.30. The van der Waals surface area contributed by atoms with Crippen LogP contribution in [-0.4, -0.2) is 22.4 Å². The van der Waals surface area contributed by atoms with Gasteiger partial charge in [-0.3, -0.25) is 4.79 Å². The zero-order chi connectivity index (χ0) is 19.3. The lowest BCUT2D eigenvalue weighted by atomic mass is 10.1. The highest BCUT2D eigenvalue weighted by Crippen LogP contribution is 2.27. The minimum absolute atomic E-state index is 0.122. The zero-order valence-electron chi connectivity index (χ0n) is 15.9. The van der Waals surface area contributed by atoms with Crippen molar-refractivity contribution in [3.8, 4) is 0 Å². The van der Waals surface area contributed by atoms with E-state index in [1.54, 1.807) is 22.7 Å². The van der Waals surface area contributed by atoms with Gasteiger partial charge in [0.1, 0.15) is 0 Å². The maximum atomic E-state index is 12.2. The number of hydrogen-bond acceptors (Lipinski definition) is 5. The average molecular weight is 410 g/mol. The monoisotopic (exact) mass is 409 g/mol. The number of hydrogen-bond donors (Lipinski definition) is 1. The van der Waals surface area contributed by atoms with Gasteiger partial charge >= 0.3 is 0 Å². The molecule has 1 N–H and O–H groups in total. The van der Waals surface area contributed by atoms with Crippen molar-refractivity contribution in [2.24, 2.45) is 0 Å². The Morgan fingerprint density at radius 3 is 2.36 bits per heavy atom. The van der Waals surface area contributed by atoms with E-state index in [0.717, 1.165) is 40.3 Å². The summed E-state index contributed by atoms with van der Waals surface area (Å²) in [4.78, 5) is 21.5. The molecule has 0 fully saturated rings. The molecule has 144 valence electrons. The predicted octanol–water partition coefficient (Wildman–Crippen LogP) is 5.54. The molecule has 28 heavy (non-hydrogen) atoms. The number of thiazole rings is 2. The van der Waals surface area contributed by atoms with Crippen LogP contribution < -0.4 is 5.32 Å². The van der Waals surface area contributed by atoms with E-state index in [2.05, 4.69) is 40.4 Å². The molecule has 0 unspecified atom stereocenters. The van der Waals surface area contributed by atoms with Crippen molar-refractivity contribution in [3.05, 3.63) is 58.5 Å². The van der Waals surface area contributed by atoms with Crippen molar-refractivity contribution in [1.82, 2.24) is 15.3 Å². The van der Waals surface area contributed by atoms with Crippen molar-refractivity contribution in [3.63, 3.8) is 0 Å². The lowest BCUT2D eigenvalue weighted by molar-refractivity contribution is -0.121. The highest BCUT2D eigenvalue weighted by molar-refractivity contribution is 7.18. The molecule has 0 spiro atoms. The number of nitrogens with zero attached hydrogens (tertiary/aromatic N) is 2. The van der Waals surface area contributed by atoms with Gasteiger partial charge in [-0.05, 0) is 43.5 Å². The quantitative estimate of drug-likeness (QED) is 0.389. The number of carbonyl (C=O) groups is 1. The summed E-state index contributed by atoms with van der Waals surface area (Å²) in [7, 11) is 0. The van der Waals surface area contributed by atoms with Crippen molar-refractivity contribution >= 4 is 49.0 Å². The summed E-state index contributed by atoms with van der Waals surface area (Å²) in [5.74, 6) is 0.348. The Labute approximate surface area is 172 Å². The molecule has 2 aromatic heterocycles. The minimum atomic E-state index is 0.122. The predicted molar refractivity (Wildman–Crippen MR) is 118 cm³/mol. The largest absolute Gasteiger partial charge is 0.355 e. The van der Waals surface area contributed by atoms with Crippen molar-refractivity contribution in [2.75, 3.05) is 6.54 Å². The molecule has 4 aromatic rings. The number of benzene rings is 2. The number of aromatic nitrogens is 2. The molecule has 0 saturated carbocycles. The van der Waals surface area contributed by atoms with Gasteiger partial charge in [-0.15, -0.1) is 22.7 Å². The summed E-state index contributed by atoms with van der Waals surface area (Å²) in [5.41, 5.74) is 2.11. The zero-order valence-corrected chi connectivity index (χ0v) is 17.5. The second kappa shape index (κ2) is 8.80. The van der Waals surface area contributed by atoms with Crippen molar-refractivity contribution in [2.45, 2.75) is 38.5 Å². The third kappa shape index (κ3) is 4.56. The van der Waals surface area contributed by atoms with E-state index in [9.17, 15) is 4.79 Å². The number of aryl methyl sites for hydroxylation is 1. The topological polar surface area (TPSA) is 54.9 Å². The molecule has 4 nitrogen and oxygen atoms in total. The highest BCUT2D eigenvalue weighted by atomic mass is 32.1. The normalized spacial score (nSPS) is 12.5. The second-order valence-electron chi connectivity index (χ2n) is 7.01. The average Bonchev–Trinajstić information content (AvgIpc) is 3.33. The van der Waals surface area contributed by atoms with Crippen LogP contribution in [0.2, 0.25) is 0 Å². The van der Waals surface area contributed by atoms with Gasteiger partial charge in [0.25, 0.3) is 0 Å². The van der Waals surface area contributed by atoms with Gasteiger partial charge < -0.3 is 5.32 Å². The molecule has 0 saturated heterocycles. The van der Waals surface area contributed by atoms with Crippen LogP contribution in [0.4, 0.5) is 0 Å². The van der Waals surface area contributed by atoms with Crippen LogP contribution in [0.1, 0.15) is 42.1 Å². The maximum Gasteiger partial charge on any atom is 0.220 e. The van der Waals surface area contributed by atoms with Gasteiger partial charge in [0.2, 0.25) is 5.91 Å². The molecule has 1 amide bonds. The third-order valence-corrected chi connectivity index (χ3v) is 7.08. The Bertz CT molecular complexity index is 1020. The van der Waals surface area contributed by atoms with Gasteiger partial charge in [-0.1, -0.05) is 31.2 Å². The van der Waals surface area contributed by atoms with Crippen LogP contribution in [0.3, 0.4) is 0 Å². The van der Waals surface area contributed by atoms with Crippen LogP contribution in [0.15, 0.2) is 48.5 Å². The number of unbranched alkanes of at least 4 members (excludes halogenated alkanes) is 1. The Morgan fingerprint density at radius 1 is 0.964 bits per heavy atom. The van der Waals surface area contributed by atoms with E-state index in [4.69, 9.17) is 0 Å². The fourth-order valence-corrected chi connectivity index (χ4v) is 5.16. The summed E-state index contributed by atoms with van der Waals surface area (Å²) in [6.45, 7) is 2.75. The first-order valence-electron chi connectivity index (χ1n) is 9.65. The van der Waals surface area contributed by atoms with E-state index in [1.165, 1.54) is 9.40 Å². The molecular weight excluding hydrogens is 386 g/mol. The van der Waals surface area contributed by atoms with E-state index in [-0.39, 0.29) is 11.8 Å². The Balaban J connectivity index is 1.19. The maximum absolute atomic E-state index is 12.2. The fourth-order valence-electron chi connectivity index (χ4n) is 3.13. The van der Waals surface area contributed by atoms with E-state index in [1.807, 2.05) is 30.3 Å². The molecule has 1 atom stereocenters. The standard InChI is InChI=1S/C22H23N3OS2/c1-15(22-25-17-9-3-5-11-19(17)28-22)14-23-20(26)12-6-7-13-21-24-16-8-2-4-10-18(16)27-21/h2-5,8-11,15H,6-7,12-14H2,1H3,(H,23,26)/t15-/m0/s1. The van der Waals surface area contributed by atoms with Crippen LogP contribution in [0, 0.1) is 0 Å². The summed E-state index contributed by atoms with van der Waals surface area (Å²) in [6, 6.07) is 16.4. The SMILES string of the molecule is C[C@@H](CNC(=O)CCCCc1nc2ccccc2s1)c1nc2ccccc2s1. The first-order valence-corrected chi connectivity index (χ1v) is 11.3. The van der Waals surface area contributed by atoms with Crippen LogP contribution in [0.5, 0.6) is 0 Å². The molecule has 2 aromatic carbocycles. The number of para-hydroxylation sites is 2. The van der Waals surface area contributed by atoms with E-state index in [0.29, 0.717) is 13.0 Å². The molecule has 2 heterocycles. The number of nitrogens with one attached hydrogen (secondary N) is 1. The molecule has 4 rings (SSSR count). The Morgan fingerprint density at radius 2 is 1.64 bits per heavy atom. The molecular formula is C22H23N3OS2. The molecule has 0 aliphatic heterocycles. The lowest BCUT2D eigenvalue weighted by Crippen LogP contribution is -2.27. The minimum Gasteiger partial charge on any atom is -0.355 e. The van der Waals surface area contributed by atoms with Crippen LogP contribution in [-0.2, 0) is 11.2 Å².